The van der Waals surface area contributed by atoms with Crippen molar-refractivity contribution in [3.63, 3.8) is 0 Å². The molecule has 0 radical (unpaired) electrons. The molecule has 1 aromatic carbocycles. The number of ketones is 1. The van der Waals surface area contributed by atoms with Crippen molar-refractivity contribution < 1.29 is 9.21 Å². The normalized spacial score (nSPS) is 15.6. The van der Waals surface area contributed by atoms with Gasteiger partial charge in [-0.1, -0.05) is 0 Å². The Morgan fingerprint density at radius 3 is 2.75 bits per heavy atom. The number of fused-ring (bicyclic) bond motifs is 1. The molecular weight excluding hydrogens is 326 g/mol. The monoisotopic (exact) mass is 345 g/mol. The standard InChI is InChI=1S/C17H19N3O3S/c1-11-9-16(22)23-15-10-13(3-4-14(11)15)18-19-17(12(2)21)20-5-7-24-8-6-20/h3-4,9-10,18H,5-8H2,1-2H3/b19-17+. The molecule has 1 aliphatic rings. The molecule has 0 aliphatic carbocycles. The molecule has 0 unspecified atom stereocenters. The predicted octanol–water partition coefficient (Wildman–Crippen LogP) is 2.46. The van der Waals surface area contributed by atoms with Crippen molar-refractivity contribution in [3.05, 3.63) is 40.2 Å². The number of amidine groups is 1. The third-order valence-electron chi connectivity index (χ3n) is 3.87. The van der Waals surface area contributed by atoms with Crippen LogP contribution in [0.2, 0.25) is 0 Å². The van der Waals surface area contributed by atoms with E-state index in [0.717, 1.165) is 35.5 Å². The molecule has 2 heterocycles. The van der Waals surface area contributed by atoms with Crippen LogP contribution in [0.15, 0.2) is 38.6 Å². The lowest BCUT2D eigenvalue weighted by Gasteiger charge is -2.28. The molecule has 126 valence electrons. The lowest BCUT2D eigenvalue weighted by Crippen LogP contribution is -2.41. The van der Waals surface area contributed by atoms with Crippen LogP contribution >= 0.6 is 11.8 Å². The average molecular weight is 345 g/mol. The molecule has 0 bridgehead atoms. The molecule has 1 N–H and O–H groups in total. The molecule has 1 saturated heterocycles. The SMILES string of the molecule is CC(=O)/C(=N\Nc1ccc2c(C)cc(=O)oc2c1)N1CCSCC1. The molecule has 0 amide bonds. The summed E-state index contributed by atoms with van der Waals surface area (Å²) in [6, 6.07) is 6.91. The first-order valence-electron chi connectivity index (χ1n) is 7.76. The van der Waals surface area contributed by atoms with Gasteiger partial charge in [0.1, 0.15) is 5.58 Å². The summed E-state index contributed by atoms with van der Waals surface area (Å²) in [5, 5.41) is 5.16. The first-order valence-corrected chi connectivity index (χ1v) is 8.92. The van der Waals surface area contributed by atoms with Gasteiger partial charge in [0.2, 0.25) is 0 Å². The van der Waals surface area contributed by atoms with Crippen LogP contribution in [0.4, 0.5) is 5.69 Å². The first-order chi connectivity index (χ1) is 11.5. The molecule has 7 heteroatoms. The average Bonchev–Trinajstić information content (AvgIpc) is 2.55. The van der Waals surface area contributed by atoms with Gasteiger partial charge in [-0.05, 0) is 24.6 Å². The van der Waals surface area contributed by atoms with Gasteiger partial charge in [0.25, 0.3) is 0 Å². The van der Waals surface area contributed by atoms with Crippen molar-refractivity contribution in [1.29, 1.82) is 0 Å². The Bertz CT molecular complexity index is 854. The number of hydrogen-bond donors (Lipinski definition) is 1. The summed E-state index contributed by atoms with van der Waals surface area (Å²) in [6.07, 6.45) is 0. The van der Waals surface area contributed by atoms with E-state index in [-0.39, 0.29) is 11.4 Å². The molecule has 2 aromatic rings. The van der Waals surface area contributed by atoms with Gasteiger partial charge >= 0.3 is 5.63 Å². The van der Waals surface area contributed by atoms with Crippen LogP contribution in [0, 0.1) is 6.92 Å². The molecule has 1 aliphatic heterocycles. The highest BCUT2D eigenvalue weighted by molar-refractivity contribution is 7.99. The Hall–Kier alpha value is -2.28. The van der Waals surface area contributed by atoms with E-state index in [2.05, 4.69) is 10.5 Å². The van der Waals surface area contributed by atoms with Crippen molar-refractivity contribution in [2.75, 3.05) is 30.0 Å². The summed E-state index contributed by atoms with van der Waals surface area (Å²) in [6.45, 7) is 5.02. The van der Waals surface area contributed by atoms with Crippen LogP contribution in [0.5, 0.6) is 0 Å². The number of Topliss-reactive ketones (excluding diaryl/α,β-unsaturated/α-hetero) is 1. The molecule has 3 rings (SSSR count). The van der Waals surface area contributed by atoms with E-state index in [1.165, 1.54) is 13.0 Å². The summed E-state index contributed by atoms with van der Waals surface area (Å²) in [5.41, 5.74) is 4.57. The van der Waals surface area contributed by atoms with Crippen molar-refractivity contribution in [2.45, 2.75) is 13.8 Å². The molecule has 24 heavy (non-hydrogen) atoms. The lowest BCUT2D eigenvalue weighted by molar-refractivity contribution is -0.111. The minimum absolute atomic E-state index is 0.0717. The fraction of sp³-hybridized carbons (Fsp3) is 0.353. The number of rotatable bonds is 3. The Kier molecular flexibility index (Phi) is 4.89. The maximum Gasteiger partial charge on any atom is 0.336 e. The summed E-state index contributed by atoms with van der Waals surface area (Å²) in [7, 11) is 0. The zero-order chi connectivity index (χ0) is 17.1. The number of nitrogens with one attached hydrogen (secondary N) is 1. The van der Waals surface area contributed by atoms with Gasteiger partial charge in [0, 0.05) is 49.0 Å². The highest BCUT2D eigenvalue weighted by atomic mass is 32.2. The van der Waals surface area contributed by atoms with Gasteiger partial charge in [-0.15, -0.1) is 0 Å². The number of hydrogen-bond acceptors (Lipinski definition) is 6. The minimum Gasteiger partial charge on any atom is -0.423 e. The Morgan fingerprint density at radius 2 is 2.04 bits per heavy atom. The maximum absolute atomic E-state index is 11.9. The number of thioether (sulfide) groups is 1. The van der Waals surface area contributed by atoms with Gasteiger partial charge < -0.3 is 9.32 Å². The molecule has 0 atom stereocenters. The summed E-state index contributed by atoms with van der Waals surface area (Å²) < 4.78 is 5.23. The predicted molar refractivity (Wildman–Crippen MR) is 97.9 cm³/mol. The molecule has 6 nitrogen and oxygen atoms in total. The van der Waals surface area contributed by atoms with E-state index >= 15 is 0 Å². The fourth-order valence-electron chi connectivity index (χ4n) is 2.66. The van der Waals surface area contributed by atoms with Gasteiger partial charge in [-0.25, -0.2) is 4.79 Å². The number of nitrogens with zero attached hydrogens (tertiary/aromatic N) is 2. The number of anilines is 1. The van der Waals surface area contributed by atoms with Gasteiger partial charge in [0.15, 0.2) is 11.6 Å². The van der Waals surface area contributed by atoms with E-state index < -0.39 is 0 Å². The second-order valence-electron chi connectivity index (χ2n) is 5.66. The number of carbonyl (C=O) groups is 1. The minimum atomic E-state index is -0.379. The number of aryl methyl sites for hydroxylation is 1. The fourth-order valence-corrected chi connectivity index (χ4v) is 3.56. The van der Waals surface area contributed by atoms with E-state index in [0.29, 0.717) is 17.1 Å². The molecule has 1 fully saturated rings. The Balaban J connectivity index is 1.87. The van der Waals surface area contributed by atoms with Crippen LogP contribution in [-0.4, -0.2) is 41.1 Å². The van der Waals surface area contributed by atoms with E-state index in [4.69, 9.17) is 4.42 Å². The highest BCUT2D eigenvalue weighted by Crippen LogP contribution is 2.21. The summed E-state index contributed by atoms with van der Waals surface area (Å²) >= 11 is 1.88. The van der Waals surface area contributed by atoms with Crippen molar-refractivity contribution >= 4 is 40.0 Å². The quantitative estimate of drug-likeness (QED) is 0.399. The third kappa shape index (κ3) is 3.62. The Labute approximate surface area is 143 Å². The van der Waals surface area contributed by atoms with Crippen molar-refractivity contribution in [2.24, 2.45) is 5.10 Å². The number of benzene rings is 1. The second-order valence-corrected chi connectivity index (χ2v) is 6.89. The van der Waals surface area contributed by atoms with Crippen LogP contribution < -0.4 is 11.1 Å². The zero-order valence-electron chi connectivity index (χ0n) is 13.7. The molecular formula is C17H19N3O3S. The van der Waals surface area contributed by atoms with Gasteiger partial charge in [-0.2, -0.15) is 16.9 Å². The molecule has 1 aromatic heterocycles. The first kappa shape index (κ1) is 16.6. The highest BCUT2D eigenvalue weighted by Gasteiger charge is 2.18. The van der Waals surface area contributed by atoms with E-state index in [1.807, 2.05) is 35.7 Å². The maximum atomic E-state index is 11.9. The topological polar surface area (TPSA) is 74.9 Å². The molecule has 0 saturated carbocycles. The summed E-state index contributed by atoms with van der Waals surface area (Å²) in [5.74, 6) is 2.35. The van der Waals surface area contributed by atoms with Crippen molar-refractivity contribution in [1.82, 2.24) is 4.90 Å². The molecule has 0 spiro atoms. The smallest absolute Gasteiger partial charge is 0.336 e. The number of carbonyl (C=O) groups excluding carboxylic acids is 1. The largest absolute Gasteiger partial charge is 0.423 e. The van der Waals surface area contributed by atoms with Gasteiger partial charge in [0.05, 0.1) is 5.69 Å². The van der Waals surface area contributed by atoms with Crippen molar-refractivity contribution in [3.8, 4) is 0 Å². The van der Waals surface area contributed by atoms with Crippen LogP contribution in [0.3, 0.4) is 0 Å². The zero-order valence-corrected chi connectivity index (χ0v) is 14.5. The summed E-state index contributed by atoms with van der Waals surface area (Å²) in [4.78, 5) is 25.4. The second kappa shape index (κ2) is 7.09. The van der Waals surface area contributed by atoms with E-state index in [9.17, 15) is 9.59 Å². The Morgan fingerprint density at radius 1 is 1.29 bits per heavy atom. The van der Waals surface area contributed by atoms with Crippen LogP contribution in [-0.2, 0) is 4.79 Å². The van der Waals surface area contributed by atoms with Gasteiger partial charge in [-0.3, -0.25) is 10.2 Å². The number of hydrazone groups is 1. The van der Waals surface area contributed by atoms with Crippen LogP contribution in [0.1, 0.15) is 12.5 Å². The van der Waals surface area contributed by atoms with E-state index in [1.54, 1.807) is 6.07 Å². The third-order valence-corrected chi connectivity index (χ3v) is 4.81. The lowest BCUT2D eigenvalue weighted by atomic mass is 10.1. The van der Waals surface area contributed by atoms with Crippen LogP contribution in [0.25, 0.3) is 11.0 Å².